The first-order valence-electron chi connectivity index (χ1n) is 6.04. The van der Waals surface area contributed by atoms with Gasteiger partial charge in [0.15, 0.2) is 0 Å². The highest BCUT2D eigenvalue weighted by Gasteiger charge is 2.37. The summed E-state index contributed by atoms with van der Waals surface area (Å²) in [5.74, 6) is 0.389. The molecule has 7 heteroatoms. The standard InChI is InChI=1S/C12H14N2O2S3/c1-8-7-13-12(18-8)11(9-4-5-9)14-19(15,16)10-3-2-6-17-10/h2-3,6-7,9,11,14H,4-5H2,1H3/t11-/m1/s1. The van der Waals surface area contributed by atoms with Crippen molar-refractivity contribution in [2.45, 2.75) is 30.0 Å². The summed E-state index contributed by atoms with van der Waals surface area (Å²) in [5, 5.41) is 2.65. The third-order valence-corrected chi connectivity index (χ3v) is 6.88. The van der Waals surface area contributed by atoms with Gasteiger partial charge in [0.05, 0.1) is 6.04 Å². The lowest BCUT2D eigenvalue weighted by molar-refractivity contribution is 0.529. The molecule has 1 aliphatic carbocycles. The van der Waals surface area contributed by atoms with Gasteiger partial charge in [-0.1, -0.05) is 6.07 Å². The summed E-state index contributed by atoms with van der Waals surface area (Å²) in [4.78, 5) is 5.45. The van der Waals surface area contributed by atoms with E-state index in [1.807, 2.05) is 6.92 Å². The number of sulfonamides is 1. The van der Waals surface area contributed by atoms with Crippen molar-refractivity contribution in [3.8, 4) is 0 Å². The lowest BCUT2D eigenvalue weighted by atomic mass is 10.2. The molecule has 0 aliphatic heterocycles. The predicted octanol–water partition coefficient (Wildman–Crippen LogP) is 2.94. The van der Waals surface area contributed by atoms with Crippen LogP contribution in [0.15, 0.2) is 27.9 Å². The van der Waals surface area contributed by atoms with Crippen molar-refractivity contribution in [3.05, 3.63) is 33.6 Å². The van der Waals surface area contributed by atoms with Crippen molar-refractivity contribution < 1.29 is 8.42 Å². The Labute approximate surface area is 120 Å². The molecule has 4 nitrogen and oxygen atoms in total. The van der Waals surface area contributed by atoms with Crippen LogP contribution in [0.1, 0.15) is 28.8 Å². The van der Waals surface area contributed by atoms with Crippen LogP contribution in [0, 0.1) is 12.8 Å². The minimum absolute atomic E-state index is 0.175. The smallest absolute Gasteiger partial charge is 0.248 e. The van der Waals surface area contributed by atoms with Crippen molar-refractivity contribution >= 4 is 32.7 Å². The van der Waals surface area contributed by atoms with Crippen molar-refractivity contribution in [2.75, 3.05) is 0 Å². The molecule has 2 heterocycles. The van der Waals surface area contributed by atoms with E-state index in [2.05, 4.69) is 9.71 Å². The van der Waals surface area contributed by atoms with Gasteiger partial charge in [-0.25, -0.2) is 18.1 Å². The van der Waals surface area contributed by atoms with Crippen LogP contribution >= 0.6 is 22.7 Å². The van der Waals surface area contributed by atoms with Crippen LogP contribution in [0.5, 0.6) is 0 Å². The Kier molecular flexibility index (Phi) is 3.46. The molecule has 19 heavy (non-hydrogen) atoms. The van der Waals surface area contributed by atoms with Gasteiger partial charge in [0.1, 0.15) is 9.22 Å². The first-order chi connectivity index (χ1) is 9.06. The number of hydrogen-bond donors (Lipinski definition) is 1. The molecule has 0 bridgehead atoms. The fraction of sp³-hybridized carbons (Fsp3) is 0.417. The van der Waals surface area contributed by atoms with Crippen LogP contribution in [0.25, 0.3) is 0 Å². The summed E-state index contributed by atoms with van der Waals surface area (Å²) in [5.41, 5.74) is 0. The second-order valence-corrected chi connectivity index (χ2v) is 8.83. The molecule has 2 aromatic rings. The van der Waals surface area contributed by atoms with E-state index in [4.69, 9.17) is 0 Å². The van der Waals surface area contributed by atoms with Gasteiger partial charge in [-0.2, -0.15) is 0 Å². The molecule has 0 unspecified atom stereocenters. The molecule has 0 aromatic carbocycles. The Balaban J connectivity index is 1.87. The lowest BCUT2D eigenvalue weighted by Crippen LogP contribution is -2.29. The zero-order chi connectivity index (χ0) is 13.5. The van der Waals surface area contributed by atoms with E-state index in [0.717, 1.165) is 22.7 Å². The van der Waals surface area contributed by atoms with Crippen LogP contribution in [-0.4, -0.2) is 13.4 Å². The Morgan fingerprint density at radius 3 is 2.79 bits per heavy atom. The molecule has 102 valence electrons. The van der Waals surface area contributed by atoms with Gasteiger partial charge in [0.2, 0.25) is 0 Å². The SMILES string of the molecule is Cc1cnc([C@H](NS(=O)(=O)c2cccs2)C2CC2)s1. The maximum atomic E-state index is 12.3. The zero-order valence-corrected chi connectivity index (χ0v) is 12.8. The second kappa shape index (κ2) is 4.97. The molecule has 2 aromatic heterocycles. The summed E-state index contributed by atoms with van der Waals surface area (Å²) >= 11 is 2.80. The number of thiazole rings is 1. The lowest BCUT2D eigenvalue weighted by Gasteiger charge is -2.15. The van der Waals surface area contributed by atoms with E-state index < -0.39 is 10.0 Å². The molecule has 0 spiro atoms. The Bertz CT molecular complexity index is 657. The highest BCUT2D eigenvalue weighted by Crippen LogP contribution is 2.42. The molecule has 0 amide bonds. The summed E-state index contributed by atoms with van der Waals surface area (Å²) in [6.45, 7) is 1.99. The van der Waals surface area contributed by atoms with E-state index in [9.17, 15) is 8.42 Å². The van der Waals surface area contributed by atoms with Gasteiger partial charge in [0.25, 0.3) is 10.0 Å². The van der Waals surface area contributed by atoms with E-state index in [1.165, 1.54) is 11.3 Å². The summed E-state index contributed by atoms with van der Waals surface area (Å²) in [6.07, 6.45) is 3.93. The quantitative estimate of drug-likeness (QED) is 0.923. The minimum atomic E-state index is -3.42. The van der Waals surface area contributed by atoms with Crippen LogP contribution in [-0.2, 0) is 10.0 Å². The molecule has 1 fully saturated rings. The first kappa shape index (κ1) is 13.2. The maximum Gasteiger partial charge on any atom is 0.250 e. The van der Waals surface area contributed by atoms with Crippen molar-refractivity contribution in [3.63, 3.8) is 0 Å². The Hall–Kier alpha value is -0.760. The van der Waals surface area contributed by atoms with E-state index in [0.29, 0.717) is 10.1 Å². The number of rotatable bonds is 5. The molecule has 3 rings (SSSR count). The average molecular weight is 314 g/mol. The normalized spacial score (nSPS) is 17.5. The fourth-order valence-corrected chi connectivity index (χ4v) is 5.21. The molecule has 0 saturated heterocycles. The first-order valence-corrected chi connectivity index (χ1v) is 9.22. The molecular weight excluding hydrogens is 300 g/mol. The second-order valence-electron chi connectivity index (χ2n) is 4.68. The van der Waals surface area contributed by atoms with Crippen molar-refractivity contribution in [1.82, 2.24) is 9.71 Å². The van der Waals surface area contributed by atoms with Crippen molar-refractivity contribution in [1.29, 1.82) is 0 Å². The van der Waals surface area contributed by atoms with E-state index in [1.54, 1.807) is 35.0 Å². The fourth-order valence-electron chi connectivity index (χ4n) is 1.94. The van der Waals surface area contributed by atoms with Crippen LogP contribution in [0.3, 0.4) is 0 Å². The number of nitrogens with zero attached hydrogens (tertiary/aromatic N) is 1. The summed E-state index contributed by atoms with van der Waals surface area (Å²) in [6, 6.07) is 3.20. The number of hydrogen-bond acceptors (Lipinski definition) is 5. The Morgan fingerprint density at radius 1 is 1.47 bits per heavy atom. The van der Waals surface area contributed by atoms with Crippen LogP contribution in [0.2, 0.25) is 0 Å². The van der Waals surface area contributed by atoms with Gasteiger partial charge in [-0.05, 0) is 37.1 Å². The van der Waals surface area contributed by atoms with Crippen LogP contribution in [0.4, 0.5) is 0 Å². The van der Waals surface area contributed by atoms with Gasteiger partial charge in [-0.15, -0.1) is 22.7 Å². The monoisotopic (exact) mass is 314 g/mol. The highest BCUT2D eigenvalue weighted by molar-refractivity contribution is 7.91. The third kappa shape index (κ3) is 2.89. The molecule has 0 radical (unpaired) electrons. The number of nitrogens with one attached hydrogen (secondary N) is 1. The topological polar surface area (TPSA) is 59.1 Å². The minimum Gasteiger partial charge on any atom is -0.248 e. The number of aryl methyl sites for hydroxylation is 1. The van der Waals surface area contributed by atoms with E-state index in [-0.39, 0.29) is 6.04 Å². The highest BCUT2D eigenvalue weighted by atomic mass is 32.2. The van der Waals surface area contributed by atoms with Gasteiger partial charge in [-0.3, -0.25) is 0 Å². The Morgan fingerprint density at radius 2 is 2.26 bits per heavy atom. The summed E-state index contributed by atoms with van der Waals surface area (Å²) in [7, 11) is -3.42. The third-order valence-electron chi connectivity index (χ3n) is 3.04. The maximum absolute atomic E-state index is 12.3. The number of thiophene rings is 1. The molecule has 1 N–H and O–H groups in total. The molecule has 1 aliphatic rings. The molecular formula is C12H14N2O2S3. The predicted molar refractivity (Wildman–Crippen MR) is 77.0 cm³/mol. The molecule has 1 atom stereocenters. The van der Waals surface area contributed by atoms with Gasteiger partial charge >= 0.3 is 0 Å². The molecule has 1 saturated carbocycles. The van der Waals surface area contributed by atoms with Gasteiger partial charge in [0, 0.05) is 11.1 Å². The van der Waals surface area contributed by atoms with Crippen molar-refractivity contribution in [2.24, 2.45) is 5.92 Å². The zero-order valence-electron chi connectivity index (χ0n) is 10.4. The van der Waals surface area contributed by atoms with Gasteiger partial charge < -0.3 is 0 Å². The van der Waals surface area contributed by atoms with Crippen LogP contribution < -0.4 is 4.72 Å². The van der Waals surface area contributed by atoms with E-state index >= 15 is 0 Å². The average Bonchev–Trinajstić information content (AvgIpc) is 2.88. The summed E-state index contributed by atoms with van der Waals surface area (Å²) < 4.78 is 27.8. The number of aromatic nitrogens is 1. The largest absolute Gasteiger partial charge is 0.250 e.